The number of carbonyl (C=O) groups is 2. The molecule has 2 aromatic heterocycles. The number of aliphatic hydroxyl groups is 1. The molecule has 18 heteroatoms. The number of imidazole rings is 1. The number of nitrogens with two attached hydrogens (primary N) is 2. The number of phosphoric ester groups is 1. The van der Waals surface area contributed by atoms with Crippen LogP contribution in [0.4, 0.5) is 5.95 Å². The first-order valence-electron chi connectivity index (χ1n) is 13.8. The van der Waals surface area contributed by atoms with E-state index in [1.807, 2.05) is 0 Å². The average molecular weight is 647 g/mol. The van der Waals surface area contributed by atoms with E-state index in [2.05, 4.69) is 15.0 Å². The van der Waals surface area contributed by atoms with Crippen LogP contribution < -0.4 is 16.2 Å². The summed E-state index contributed by atoms with van der Waals surface area (Å²) in [5.74, 6) is -0.422. The molecule has 2 fully saturated rings. The highest BCUT2D eigenvalue weighted by Crippen LogP contribution is 2.59. The van der Waals surface area contributed by atoms with E-state index in [-0.39, 0.29) is 54.1 Å². The molecule has 0 aromatic carbocycles. The number of nitrogens with zero attached hydrogens (tertiary/aromatic N) is 4. The van der Waals surface area contributed by atoms with Gasteiger partial charge in [-0.3, -0.25) is 27.7 Å². The first kappa shape index (κ1) is 33.5. The molecule has 0 spiro atoms. The van der Waals surface area contributed by atoms with Crippen LogP contribution in [0.15, 0.2) is 6.33 Å². The molecule has 240 valence electrons. The lowest BCUT2D eigenvalue weighted by molar-refractivity contribution is -0.150. The van der Waals surface area contributed by atoms with Gasteiger partial charge in [0.05, 0.1) is 31.6 Å². The Bertz CT molecular complexity index is 1390. The zero-order chi connectivity index (χ0) is 31.7. The Morgan fingerprint density at radius 3 is 2.74 bits per heavy atom. The van der Waals surface area contributed by atoms with E-state index in [0.29, 0.717) is 12.1 Å². The second kappa shape index (κ2) is 12.9. The van der Waals surface area contributed by atoms with Gasteiger partial charge in [-0.05, 0) is 33.6 Å². The number of fused-ring (bicyclic) bond motifs is 2. The molecule has 5 N–H and O–H groups in total. The molecule has 0 amide bonds. The molecule has 0 radical (unpaired) electrons. The van der Waals surface area contributed by atoms with Crippen LogP contribution in [-0.4, -0.2) is 91.7 Å². The van der Waals surface area contributed by atoms with Gasteiger partial charge < -0.3 is 30.8 Å². The molecule has 2 aliphatic heterocycles. The van der Waals surface area contributed by atoms with Gasteiger partial charge in [-0.1, -0.05) is 25.6 Å². The SMILES string of the molecule is CCOc1nc(N)nc2c1ncn2[C@@H]1O[C@@H]2CO[P@](=O)(OCCSC(=O)C(C)(C)COC(=O)[C@@H](N)C(C)C)O[C@H]2[C@@]1(C)O. The maximum Gasteiger partial charge on any atom is 0.475 e. The fraction of sp³-hybridized carbons (Fsp3) is 0.720. The summed E-state index contributed by atoms with van der Waals surface area (Å²) in [7, 11) is -4.12. The molecule has 6 atom stereocenters. The van der Waals surface area contributed by atoms with Gasteiger partial charge in [0.15, 0.2) is 22.5 Å². The number of rotatable bonds is 12. The number of carbonyl (C=O) groups excluding carboxylic acids is 2. The highest BCUT2D eigenvalue weighted by molar-refractivity contribution is 8.13. The zero-order valence-corrected chi connectivity index (χ0v) is 26.6. The summed E-state index contributed by atoms with van der Waals surface area (Å²) in [5, 5.41) is 11.3. The Labute approximate surface area is 253 Å². The monoisotopic (exact) mass is 646 g/mol. The maximum absolute atomic E-state index is 13.3. The minimum atomic E-state index is -4.12. The number of nitrogen functional groups attached to an aromatic ring is 1. The van der Waals surface area contributed by atoms with Crippen molar-refractivity contribution in [2.45, 2.75) is 71.6 Å². The molecule has 4 heterocycles. The second-order valence-electron chi connectivity index (χ2n) is 11.4. The lowest BCUT2D eigenvalue weighted by atomic mass is 9.96. The molecule has 2 aromatic rings. The van der Waals surface area contributed by atoms with Crippen molar-refractivity contribution >= 4 is 47.8 Å². The van der Waals surface area contributed by atoms with Crippen molar-refractivity contribution in [1.82, 2.24) is 19.5 Å². The Kier molecular flexibility index (Phi) is 10.1. The number of hydrogen-bond donors (Lipinski definition) is 3. The topological polar surface area (TPSA) is 222 Å². The number of anilines is 1. The predicted molar refractivity (Wildman–Crippen MR) is 155 cm³/mol. The quantitative estimate of drug-likeness (QED) is 0.170. The van der Waals surface area contributed by atoms with Crippen molar-refractivity contribution in [2.75, 3.05) is 37.9 Å². The maximum atomic E-state index is 13.3. The normalized spacial score (nSPS) is 28.2. The standard InChI is InChI=1S/C25H39N6O10PS/c1-7-36-19-16-18(29-23(27)30-19)31(12-28-16)21-25(6,34)17-14(40-21)10-39-42(35,41-17)38-8-9-43-22(33)24(4,5)11-37-20(32)15(26)13(2)3/h12-15,17,21,34H,7-11,26H2,1-6H3,(H2,27,29,30)/t14-,15+,17-,21-,25-,42+/m1/s1. The summed E-state index contributed by atoms with van der Waals surface area (Å²) in [6, 6.07) is -0.777. The summed E-state index contributed by atoms with van der Waals surface area (Å²) < 4.78 is 48.1. The van der Waals surface area contributed by atoms with Gasteiger partial charge in [0.2, 0.25) is 11.8 Å². The van der Waals surface area contributed by atoms with Crippen molar-refractivity contribution in [3.63, 3.8) is 0 Å². The smallest absolute Gasteiger partial charge is 0.475 e. The van der Waals surface area contributed by atoms with Crippen LogP contribution in [0.3, 0.4) is 0 Å². The van der Waals surface area contributed by atoms with Gasteiger partial charge in [0, 0.05) is 5.75 Å². The largest absolute Gasteiger partial charge is 0.476 e. The first-order chi connectivity index (χ1) is 20.1. The van der Waals surface area contributed by atoms with E-state index in [1.54, 1.807) is 34.6 Å². The zero-order valence-electron chi connectivity index (χ0n) is 24.9. The average Bonchev–Trinajstić information content (AvgIpc) is 3.46. The van der Waals surface area contributed by atoms with Gasteiger partial charge in [-0.15, -0.1) is 0 Å². The van der Waals surface area contributed by atoms with Crippen LogP contribution >= 0.6 is 19.6 Å². The van der Waals surface area contributed by atoms with Crippen LogP contribution in [0, 0.1) is 11.3 Å². The van der Waals surface area contributed by atoms with E-state index < -0.39 is 49.3 Å². The van der Waals surface area contributed by atoms with Gasteiger partial charge in [-0.25, -0.2) is 9.55 Å². The number of ether oxygens (including phenoxy) is 3. The van der Waals surface area contributed by atoms with Gasteiger partial charge >= 0.3 is 13.8 Å². The predicted octanol–water partition coefficient (Wildman–Crippen LogP) is 1.81. The Morgan fingerprint density at radius 2 is 2.07 bits per heavy atom. The first-order valence-corrected chi connectivity index (χ1v) is 16.2. The summed E-state index contributed by atoms with van der Waals surface area (Å²) in [6.45, 7) is 9.99. The molecular formula is C25H39N6O10PS. The fourth-order valence-corrected chi connectivity index (χ4v) is 6.81. The molecule has 0 bridgehead atoms. The third kappa shape index (κ3) is 7.14. The number of hydrogen-bond acceptors (Lipinski definition) is 16. The highest BCUT2D eigenvalue weighted by atomic mass is 32.2. The fourth-order valence-electron chi connectivity index (χ4n) is 4.42. The van der Waals surface area contributed by atoms with Crippen LogP contribution in [0.25, 0.3) is 11.2 Å². The number of thioether (sulfide) groups is 1. The molecule has 0 aliphatic carbocycles. The minimum absolute atomic E-state index is 0.0543. The van der Waals surface area contributed by atoms with Gasteiger partial charge in [-0.2, -0.15) is 9.97 Å². The van der Waals surface area contributed by atoms with Crippen molar-refractivity contribution in [2.24, 2.45) is 17.1 Å². The van der Waals surface area contributed by atoms with Crippen molar-refractivity contribution in [3.8, 4) is 5.88 Å². The Hall–Kier alpha value is -2.37. The lowest BCUT2D eigenvalue weighted by Crippen LogP contribution is -2.47. The third-order valence-electron chi connectivity index (χ3n) is 6.98. The summed E-state index contributed by atoms with van der Waals surface area (Å²) in [5.41, 5.74) is 9.53. The van der Waals surface area contributed by atoms with E-state index in [0.717, 1.165) is 11.8 Å². The van der Waals surface area contributed by atoms with E-state index in [9.17, 15) is 19.3 Å². The van der Waals surface area contributed by atoms with Crippen molar-refractivity contribution in [1.29, 1.82) is 0 Å². The van der Waals surface area contributed by atoms with Crippen LogP contribution in [0.5, 0.6) is 5.88 Å². The number of esters is 1. The molecule has 0 unspecified atom stereocenters. The Balaban J connectivity index is 1.34. The van der Waals surface area contributed by atoms with Crippen LogP contribution in [0.1, 0.15) is 47.8 Å². The molecule has 43 heavy (non-hydrogen) atoms. The van der Waals surface area contributed by atoms with Crippen LogP contribution in [0.2, 0.25) is 0 Å². The van der Waals surface area contributed by atoms with Crippen molar-refractivity contribution < 1.29 is 47.0 Å². The third-order valence-corrected chi connectivity index (χ3v) is 9.62. The second-order valence-corrected chi connectivity index (χ2v) is 14.1. The molecular weight excluding hydrogens is 607 g/mol. The Morgan fingerprint density at radius 1 is 1.35 bits per heavy atom. The van der Waals surface area contributed by atoms with Crippen LogP contribution in [-0.2, 0) is 37.2 Å². The summed E-state index contributed by atoms with van der Waals surface area (Å²) in [6.07, 6.45) is -1.55. The van der Waals surface area contributed by atoms with Gasteiger partial charge in [0.1, 0.15) is 30.5 Å². The van der Waals surface area contributed by atoms with E-state index >= 15 is 0 Å². The number of aromatic nitrogens is 4. The molecule has 2 aliphatic rings. The summed E-state index contributed by atoms with van der Waals surface area (Å²) in [4.78, 5) is 37.4. The van der Waals surface area contributed by atoms with Crippen molar-refractivity contribution in [3.05, 3.63) is 6.33 Å². The highest BCUT2D eigenvalue weighted by Gasteiger charge is 2.60. The minimum Gasteiger partial charge on any atom is -0.476 e. The molecule has 16 nitrogen and oxygen atoms in total. The molecule has 2 saturated heterocycles. The van der Waals surface area contributed by atoms with Gasteiger partial charge in [0.25, 0.3) is 0 Å². The molecule has 4 rings (SSSR count). The number of phosphoric acid groups is 1. The lowest BCUT2D eigenvalue weighted by Gasteiger charge is -2.35. The summed E-state index contributed by atoms with van der Waals surface area (Å²) >= 11 is 0.926. The van der Waals surface area contributed by atoms with E-state index in [4.69, 9.17) is 39.2 Å². The van der Waals surface area contributed by atoms with E-state index in [1.165, 1.54) is 17.8 Å². The molecule has 0 saturated carbocycles.